The van der Waals surface area contributed by atoms with Crippen molar-refractivity contribution in [3.05, 3.63) is 35.4 Å². The van der Waals surface area contributed by atoms with Gasteiger partial charge in [0.15, 0.2) is 0 Å². The Morgan fingerprint density at radius 1 is 1.00 bits per heavy atom. The van der Waals surface area contributed by atoms with Crippen LogP contribution in [0, 0.1) is 5.41 Å². The van der Waals surface area contributed by atoms with Gasteiger partial charge in [0.25, 0.3) is 0 Å². The summed E-state index contributed by atoms with van der Waals surface area (Å²) >= 11 is 0. The lowest BCUT2D eigenvalue weighted by molar-refractivity contribution is -0.191. The Hall–Kier alpha value is -1.40. The molecule has 0 fully saturated rings. The largest absolute Gasteiger partial charge is 0.373 e. The Morgan fingerprint density at radius 3 is 1.83 bits per heavy atom. The smallest absolute Gasteiger partial charge is 0.186 e. The molecule has 0 aliphatic heterocycles. The normalized spacial score (nSPS) is 10.2. The van der Waals surface area contributed by atoms with Crippen LogP contribution in [0.2, 0.25) is 0 Å². The topological polar surface area (TPSA) is 34.1 Å². The van der Waals surface area contributed by atoms with Crippen LogP contribution in [0.15, 0.2) is 24.3 Å². The van der Waals surface area contributed by atoms with Crippen LogP contribution in [0.3, 0.4) is 0 Å². The number of aryl methyl sites for hydroxylation is 2. The lowest BCUT2D eigenvalue weighted by Gasteiger charge is -2.17. The van der Waals surface area contributed by atoms with E-state index in [0.29, 0.717) is 5.41 Å². The highest BCUT2D eigenvalue weighted by atomic mass is 16.2. The van der Waals surface area contributed by atoms with E-state index in [0.717, 1.165) is 6.42 Å². The molecule has 0 amide bonds. The van der Waals surface area contributed by atoms with Crippen LogP contribution in [0.1, 0.15) is 51.7 Å². The summed E-state index contributed by atoms with van der Waals surface area (Å²) in [5.74, 6) is 0. The van der Waals surface area contributed by atoms with E-state index >= 15 is 0 Å². The highest BCUT2D eigenvalue weighted by molar-refractivity contribution is 5.22. The van der Waals surface area contributed by atoms with E-state index < -0.39 is 0 Å². The summed E-state index contributed by atoms with van der Waals surface area (Å²) in [6.07, 6.45) is 5.22. The quantitative estimate of drug-likeness (QED) is 0.806. The van der Waals surface area contributed by atoms with Crippen LogP contribution >= 0.6 is 0 Å². The molecule has 100 valence electrons. The van der Waals surface area contributed by atoms with Gasteiger partial charge in [-0.05, 0) is 42.2 Å². The van der Waals surface area contributed by atoms with Crippen molar-refractivity contribution in [2.45, 2.75) is 53.4 Å². The third-order valence-corrected chi connectivity index (χ3v) is 2.82. The van der Waals surface area contributed by atoms with Crippen LogP contribution in [0.5, 0.6) is 0 Å². The molecule has 0 atom stereocenters. The Bertz CT molecular complexity index is 352. The van der Waals surface area contributed by atoms with Gasteiger partial charge in [0.2, 0.25) is 0 Å². The lowest BCUT2D eigenvalue weighted by Crippen LogP contribution is -2.04. The second-order valence-electron chi connectivity index (χ2n) is 5.67. The molecule has 0 bridgehead atoms. The van der Waals surface area contributed by atoms with Crippen LogP contribution in [0.25, 0.3) is 0 Å². The zero-order chi connectivity index (χ0) is 14.0. The molecule has 0 aliphatic rings. The summed E-state index contributed by atoms with van der Waals surface area (Å²) in [5, 5.41) is 0. The van der Waals surface area contributed by atoms with Crippen molar-refractivity contribution in [3.63, 3.8) is 0 Å². The molecule has 0 saturated heterocycles. The lowest BCUT2D eigenvalue weighted by atomic mass is 9.89. The summed E-state index contributed by atoms with van der Waals surface area (Å²) in [6, 6.07) is 9.07. The van der Waals surface area contributed by atoms with Crippen molar-refractivity contribution in [1.29, 1.82) is 0 Å². The third-order valence-electron chi connectivity index (χ3n) is 2.82. The van der Waals surface area contributed by atoms with Crippen LogP contribution < -0.4 is 0 Å². The number of rotatable bonds is 4. The summed E-state index contributed by atoms with van der Waals surface area (Å²) in [4.78, 5) is 16.2. The Kier molecular flexibility index (Phi) is 7.98. The minimum absolute atomic E-state index is 0.250. The van der Waals surface area contributed by atoms with Crippen molar-refractivity contribution >= 4 is 6.15 Å². The first-order valence-electron chi connectivity index (χ1n) is 6.50. The molecular formula is C16H24O2. The van der Waals surface area contributed by atoms with Gasteiger partial charge < -0.3 is 0 Å². The number of hydrogen-bond acceptors (Lipinski definition) is 2. The fraction of sp³-hybridized carbons (Fsp3) is 0.562. The standard InChI is InChI=1S/C15H24.CO2/c1-5-13-8-10-14(11-9-13)7-6-12-15(2,3)4;2-1-3/h8-11H,5-7,12H2,1-4H3;. The Morgan fingerprint density at radius 2 is 1.44 bits per heavy atom. The Balaban J connectivity index is 0.000000873. The molecule has 1 rings (SSSR count). The van der Waals surface area contributed by atoms with Crippen molar-refractivity contribution in [3.8, 4) is 0 Å². The summed E-state index contributed by atoms with van der Waals surface area (Å²) in [7, 11) is 0. The van der Waals surface area contributed by atoms with E-state index in [-0.39, 0.29) is 6.15 Å². The maximum Gasteiger partial charge on any atom is 0.373 e. The van der Waals surface area contributed by atoms with Gasteiger partial charge >= 0.3 is 6.15 Å². The molecule has 2 nitrogen and oxygen atoms in total. The third kappa shape index (κ3) is 8.72. The van der Waals surface area contributed by atoms with E-state index in [2.05, 4.69) is 52.0 Å². The van der Waals surface area contributed by atoms with Crippen molar-refractivity contribution < 1.29 is 9.59 Å². The first-order valence-corrected chi connectivity index (χ1v) is 6.50. The number of benzene rings is 1. The van der Waals surface area contributed by atoms with E-state index in [1.165, 1.54) is 30.4 Å². The molecule has 0 heterocycles. The van der Waals surface area contributed by atoms with E-state index in [4.69, 9.17) is 9.59 Å². The molecule has 0 aliphatic carbocycles. The Labute approximate surface area is 110 Å². The van der Waals surface area contributed by atoms with Gasteiger partial charge in [-0.1, -0.05) is 52.0 Å². The second-order valence-corrected chi connectivity index (χ2v) is 5.67. The molecule has 18 heavy (non-hydrogen) atoms. The molecule has 1 aromatic rings. The molecule has 0 unspecified atom stereocenters. The second kappa shape index (κ2) is 8.66. The zero-order valence-corrected chi connectivity index (χ0v) is 12.0. The molecule has 0 radical (unpaired) electrons. The van der Waals surface area contributed by atoms with Crippen LogP contribution in [0.4, 0.5) is 0 Å². The van der Waals surface area contributed by atoms with Gasteiger partial charge in [-0.15, -0.1) is 0 Å². The maximum absolute atomic E-state index is 8.12. The molecule has 0 saturated carbocycles. The molecule has 1 aromatic carbocycles. The highest BCUT2D eigenvalue weighted by Crippen LogP contribution is 2.22. The van der Waals surface area contributed by atoms with Gasteiger partial charge in [0, 0.05) is 0 Å². The number of carbonyl (C=O) groups excluding carboxylic acids is 2. The molecule has 0 spiro atoms. The van der Waals surface area contributed by atoms with Gasteiger partial charge in [0.1, 0.15) is 0 Å². The minimum Gasteiger partial charge on any atom is -0.186 e. The fourth-order valence-electron chi connectivity index (χ4n) is 1.76. The highest BCUT2D eigenvalue weighted by Gasteiger charge is 2.08. The number of hydrogen-bond donors (Lipinski definition) is 0. The predicted molar refractivity (Wildman–Crippen MR) is 73.2 cm³/mol. The average Bonchev–Trinajstić information content (AvgIpc) is 2.29. The first-order chi connectivity index (χ1) is 8.42. The van der Waals surface area contributed by atoms with Gasteiger partial charge in [0.05, 0.1) is 0 Å². The van der Waals surface area contributed by atoms with Crippen LogP contribution in [-0.4, -0.2) is 6.15 Å². The average molecular weight is 248 g/mol. The van der Waals surface area contributed by atoms with Gasteiger partial charge in [-0.3, -0.25) is 0 Å². The summed E-state index contributed by atoms with van der Waals surface area (Å²) < 4.78 is 0. The van der Waals surface area contributed by atoms with Crippen molar-refractivity contribution in [1.82, 2.24) is 0 Å². The van der Waals surface area contributed by atoms with Crippen LogP contribution in [-0.2, 0) is 22.4 Å². The summed E-state index contributed by atoms with van der Waals surface area (Å²) in [5.41, 5.74) is 3.40. The monoisotopic (exact) mass is 248 g/mol. The van der Waals surface area contributed by atoms with E-state index in [9.17, 15) is 0 Å². The predicted octanol–water partition coefficient (Wildman–Crippen LogP) is 4.03. The molecule has 2 heteroatoms. The SMILES string of the molecule is CCc1ccc(CCCC(C)(C)C)cc1.O=C=O. The van der Waals surface area contributed by atoms with Gasteiger partial charge in [-0.25, -0.2) is 0 Å². The van der Waals surface area contributed by atoms with Crippen molar-refractivity contribution in [2.24, 2.45) is 5.41 Å². The molecule has 0 aromatic heterocycles. The van der Waals surface area contributed by atoms with Gasteiger partial charge in [-0.2, -0.15) is 9.59 Å². The zero-order valence-electron chi connectivity index (χ0n) is 12.0. The fourth-order valence-corrected chi connectivity index (χ4v) is 1.76. The van der Waals surface area contributed by atoms with E-state index in [1.807, 2.05) is 0 Å². The van der Waals surface area contributed by atoms with Crippen molar-refractivity contribution in [2.75, 3.05) is 0 Å². The summed E-state index contributed by atoms with van der Waals surface area (Å²) in [6.45, 7) is 9.14. The molecular weight excluding hydrogens is 224 g/mol. The molecule has 0 N–H and O–H groups in total. The minimum atomic E-state index is 0.250. The first kappa shape index (κ1) is 16.6. The van der Waals surface area contributed by atoms with E-state index in [1.54, 1.807) is 0 Å². The maximum atomic E-state index is 8.12.